The summed E-state index contributed by atoms with van der Waals surface area (Å²) in [6, 6.07) is 8.85. The van der Waals surface area contributed by atoms with E-state index in [2.05, 4.69) is 9.88 Å². The molecule has 0 unspecified atom stereocenters. The smallest absolute Gasteiger partial charge is 0.169 e. The van der Waals surface area contributed by atoms with Crippen molar-refractivity contribution in [3.05, 3.63) is 69.6 Å². The van der Waals surface area contributed by atoms with E-state index in [0.29, 0.717) is 23.7 Å². The first-order chi connectivity index (χ1) is 11.7. The minimum Gasteiger partial charge on any atom is -0.294 e. The van der Waals surface area contributed by atoms with Gasteiger partial charge in [0, 0.05) is 48.4 Å². The fourth-order valence-electron chi connectivity index (χ4n) is 2.94. The molecule has 0 spiro atoms. The van der Waals surface area contributed by atoms with Gasteiger partial charge in [-0.1, -0.05) is 23.7 Å². The molecule has 0 aliphatic carbocycles. The maximum Gasteiger partial charge on any atom is 0.169 e. The van der Waals surface area contributed by atoms with Crippen LogP contribution in [0.3, 0.4) is 0 Å². The normalized spacial score (nSPS) is 14.6. The van der Waals surface area contributed by atoms with Gasteiger partial charge in [-0.2, -0.15) is 0 Å². The van der Waals surface area contributed by atoms with E-state index in [9.17, 15) is 4.39 Å². The summed E-state index contributed by atoms with van der Waals surface area (Å²) in [5.74, 6) is 0.534. The maximum atomic E-state index is 14.0. The van der Waals surface area contributed by atoms with Crippen LogP contribution in [0.1, 0.15) is 16.8 Å². The van der Waals surface area contributed by atoms with Crippen LogP contribution in [0.2, 0.25) is 5.02 Å². The van der Waals surface area contributed by atoms with Crippen LogP contribution in [0.5, 0.6) is 0 Å². The molecule has 0 amide bonds. The first-order valence-corrected chi connectivity index (χ1v) is 9.00. The first kappa shape index (κ1) is 15.7. The standard InChI is InChI=1S/C18H15ClFN3S/c19-14-3-1-4-15(20)13(14)11-23-7-6-16-12(10-23)9-21-18(22-16)17-5-2-8-24-17/h1-5,8-9H,6-7,10-11H2. The Morgan fingerprint density at radius 2 is 2.17 bits per heavy atom. The minimum absolute atomic E-state index is 0.252. The van der Waals surface area contributed by atoms with Crippen molar-refractivity contribution in [3.63, 3.8) is 0 Å². The third-order valence-corrected chi connectivity index (χ3v) is 5.42. The fraction of sp³-hybridized carbons (Fsp3) is 0.222. The lowest BCUT2D eigenvalue weighted by molar-refractivity contribution is 0.240. The van der Waals surface area contributed by atoms with Crippen molar-refractivity contribution in [1.82, 2.24) is 14.9 Å². The summed E-state index contributed by atoms with van der Waals surface area (Å²) in [6.07, 6.45) is 2.73. The number of nitrogens with zero attached hydrogens (tertiary/aromatic N) is 3. The summed E-state index contributed by atoms with van der Waals surface area (Å²) in [7, 11) is 0. The van der Waals surface area contributed by atoms with Crippen LogP contribution in [0.15, 0.2) is 41.9 Å². The van der Waals surface area contributed by atoms with Gasteiger partial charge >= 0.3 is 0 Å². The van der Waals surface area contributed by atoms with Gasteiger partial charge in [-0.15, -0.1) is 11.3 Å². The molecule has 0 saturated carbocycles. The zero-order valence-electron chi connectivity index (χ0n) is 12.9. The van der Waals surface area contributed by atoms with Gasteiger partial charge in [-0.3, -0.25) is 4.90 Å². The molecule has 0 atom stereocenters. The molecule has 2 aromatic heterocycles. The third kappa shape index (κ3) is 3.07. The molecule has 24 heavy (non-hydrogen) atoms. The van der Waals surface area contributed by atoms with Crippen LogP contribution in [0, 0.1) is 5.82 Å². The molecule has 0 N–H and O–H groups in total. The van der Waals surface area contributed by atoms with E-state index in [1.54, 1.807) is 23.5 Å². The molecule has 1 aliphatic heterocycles. The number of halogens is 2. The molecule has 3 aromatic rings. The monoisotopic (exact) mass is 359 g/mol. The van der Waals surface area contributed by atoms with E-state index in [0.717, 1.165) is 34.9 Å². The Hall–Kier alpha value is -1.82. The Labute approximate surface area is 148 Å². The summed E-state index contributed by atoms with van der Waals surface area (Å²) >= 11 is 7.78. The van der Waals surface area contributed by atoms with Crippen molar-refractivity contribution in [1.29, 1.82) is 0 Å². The van der Waals surface area contributed by atoms with Gasteiger partial charge < -0.3 is 0 Å². The molecule has 1 aromatic carbocycles. The maximum absolute atomic E-state index is 14.0. The lowest BCUT2D eigenvalue weighted by Crippen LogP contribution is -2.31. The van der Waals surface area contributed by atoms with Crippen LogP contribution >= 0.6 is 22.9 Å². The minimum atomic E-state index is -0.252. The summed E-state index contributed by atoms with van der Waals surface area (Å²) < 4.78 is 14.0. The Kier molecular flexibility index (Phi) is 4.31. The average Bonchev–Trinajstić information content (AvgIpc) is 3.12. The molecule has 3 heterocycles. The van der Waals surface area contributed by atoms with E-state index in [-0.39, 0.29) is 5.82 Å². The first-order valence-electron chi connectivity index (χ1n) is 7.74. The highest BCUT2D eigenvalue weighted by molar-refractivity contribution is 7.13. The predicted molar refractivity (Wildman–Crippen MR) is 94.6 cm³/mol. The number of benzene rings is 1. The SMILES string of the molecule is Fc1cccc(Cl)c1CN1CCc2nc(-c3cccs3)ncc2C1. The number of aromatic nitrogens is 2. The Morgan fingerprint density at radius 1 is 1.25 bits per heavy atom. The van der Waals surface area contributed by atoms with Crippen molar-refractivity contribution in [3.8, 4) is 10.7 Å². The van der Waals surface area contributed by atoms with Gasteiger partial charge in [0.15, 0.2) is 5.82 Å². The van der Waals surface area contributed by atoms with E-state index < -0.39 is 0 Å². The zero-order chi connectivity index (χ0) is 16.5. The van der Waals surface area contributed by atoms with Crippen molar-refractivity contribution < 1.29 is 4.39 Å². The van der Waals surface area contributed by atoms with Crippen molar-refractivity contribution in [2.24, 2.45) is 0 Å². The molecule has 122 valence electrons. The second-order valence-electron chi connectivity index (χ2n) is 5.80. The van der Waals surface area contributed by atoms with E-state index in [1.165, 1.54) is 6.07 Å². The van der Waals surface area contributed by atoms with Gasteiger partial charge in [0.25, 0.3) is 0 Å². The molecular weight excluding hydrogens is 345 g/mol. The Balaban J connectivity index is 1.54. The van der Waals surface area contributed by atoms with Gasteiger partial charge in [0.05, 0.1) is 10.6 Å². The summed E-state index contributed by atoms with van der Waals surface area (Å²) in [5, 5.41) is 2.50. The van der Waals surface area contributed by atoms with Gasteiger partial charge in [0.1, 0.15) is 5.82 Å². The quantitative estimate of drug-likeness (QED) is 0.686. The van der Waals surface area contributed by atoms with Crippen molar-refractivity contribution in [2.75, 3.05) is 6.54 Å². The molecule has 3 nitrogen and oxygen atoms in total. The lowest BCUT2D eigenvalue weighted by atomic mass is 10.1. The molecule has 1 aliphatic rings. The molecule has 0 radical (unpaired) electrons. The Bertz CT molecular complexity index is 846. The number of thiophene rings is 1. The third-order valence-electron chi connectivity index (χ3n) is 4.20. The predicted octanol–water partition coefficient (Wildman–Crippen LogP) is 4.56. The molecule has 0 saturated heterocycles. The highest BCUT2D eigenvalue weighted by Gasteiger charge is 2.21. The molecule has 6 heteroatoms. The van der Waals surface area contributed by atoms with Crippen molar-refractivity contribution >= 4 is 22.9 Å². The van der Waals surface area contributed by atoms with Gasteiger partial charge in [-0.25, -0.2) is 14.4 Å². The topological polar surface area (TPSA) is 29.0 Å². The van der Waals surface area contributed by atoms with Gasteiger partial charge in [-0.05, 0) is 23.6 Å². The van der Waals surface area contributed by atoms with Crippen LogP contribution in [-0.4, -0.2) is 21.4 Å². The highest BCUT2D eigenvalue weighted by Crippen LogP contribution is 2.26. The van der Waals surface area contributed by atoms with Crippen molar-refractivity contribution in [2.45, 2.75) is 19.5 Å². The van der Waals surface area contributed by atoms with E-state index in [4.69, 9.17) is 16.6 Å². The Morgan fingerprint density at radius 3 is 2.96 bits per heavy atom. The zero-order valence-corrected chi connectivity index (χ0v) is 14.4. The van der Waals surface area contributed by atoms with Crippen LogP contribution in [0.4, 0.5) is 4.39 Å². The van der Waals surface area contributed by atoms with E-state index in [1.807, 2.05) is 23.7 Å². The van der Waals surface area contributed by atoms with Crippen LogP contribution in [0.25, 0.3) is 10.7 Å². The summed E-state index contributed by atoms with van der Waals surface area (Å²) in [5.41, 5.74) is 2.75. The fourth-order valence-corrected chi connectivity index (χ4v) is 3.83. The lowest BCUT2D eigenvalue weighted by Gasteiger charge is -2.28. The van der Waals surface area contributed by atoms with E-state index >= 15 is 0 Å². The van der Waals surface area contributed by atoms with Gasteiger partial charge in [0.2, 0.25) is 0 Å². The van der Waals surface area contributed by atoms with Crippen LogP contribution < -0.4 is 0 Å². The highest BCUT2D eigenvalue weighted by atomic mass is 35.5. The summed E-state index contributed by atoms with van der Waals surface area (Å²) in [4.78, 5) is 12.5. The second kappa shape index (κ2) is 6.59. The summed E-state index contributed by atoms with van der Waals surface area (Å²) in [6.45, 7) is 2.04. The second-order valence-corrected chi connectivity index (χ2v) is 7.16. The molecule has 4 rings (SSSR count). The molecule has 0 bridgehead atoms. The number of fused-ring (bicyclic) bond motifs is 1. The average molecular weight is 360 g/mol. The number of hydrogen-bond acceptors (Lipinski definition) is 4. The number of rotatable bonds is 3. The number of hydrogen-bond donors (Lipinski definition) is 0. The molecular formula is C18H15ClFN3S. The van der Waals surface area contributed by atoms with Crippen LogP contribution in [-0.2, 0) is 19.5 Å². The molecule has 0 fully saturated rings. The largest absolute Gasteiger partial charge is 0.294 e.